The summed E-state index contributed by atoms with van der Waals surface area (Å²) in [5.74, 6) is 0. The van der Waals surface area contributed by atoms with E-state index in [1.807, 2.05) is 0 Å². The van der Waals surface area contributed by atoms with Gasteiger partial charge in [0.2, 0.25) is 0 Å². The zero-order valence-electron chi connectivity index (χ0n) is 13.7. The van der Waals surface area contributed by atoms with Crippen molar-refractivity contribution in [1.29, 1.82) is 0 Å². The highest BCUT2D eigenvalue weighted by Gasteiger charge is 2.46. The third-order valence-electron chi connectivity index (χ3n) is 4.34. The molecule has 2 saturated heterocycles. The molecule has 2 fully saturated rings. The smallest absolute Gasteiger partial charge is 0.186 e. The Kier molecular flexibility index (Phi) is 6.34. The lowest BCUT2D eigenvalue weighted by Crippen LogP contribution is -2.67. The summed E-state index contributed by atoms with van der Waals surface area (Å²) in [7, 11) is 0. The molecular formula is C13H25NO10. The highest BCUT2D eigenvalue weighted by Crippen LogP contribution is 2.23. The van der Waals surface area contributed by atoms with Gasteiger partial charge in [0.25, 0.3) is 0 Å². The molecule has 0 aromatic carbocycles. The third kappa shape index (κ3) is 3.86. The van der Waals surface area contributed by atoms with Gasteiger partial charge in [0.15, 0.2) is 6.29 Å². The van der Waals surface area contributed by atoms with Crippen LogP contribution >= 0.6 is 0 Å². The van der Waals surface area contributed by atoms with E-state index in [9.17, 15) is 35.7 Å². The van der Waals surface area contributed by atoms with E-state index >= 15 is 0 Å². The van der Waals surface area contributed by atoms with Gasteiger partial charge in [-0.15, -0.1) is 0 Å². The lowest BCUT2D eigenvalue weighted by atomic mass is 9.91. The molecule has 2 heterocycles. The van der Waals surface area contributed by atoms with Gasteiger partial charge in [-0.05, 0) is 0 Å². The Morgan fingerprint density at radius 2 is 1.38 bits per heavy atom. The van der Waals surface area contributed by atoms with Crippen molar-refractivity contribution >= 4 is 0 Å². The van der Waals surface area contributed by atoms with Gasteiger partial charge in [0.1, 0.15) is 31.9 Å². The van der Waals surface area contributed by atoms with E-state index in [0.717, 1.165) is 0 Å². The summed E-state index contributed by atoms with van der Waals surface area (Å²) in [5, 5.41) is 77.9. The molecule has 9 N–H and O–H groups in total. The molecule has 11 heteroatoms. The van der Waals surface area contributed by atoms with Gasteiger partial charge < -0.3 is 55.6 Å². The van der Waals surface area contributed by atoms with Crippen LogP contribution in [0, 0.1) is 0 Å². The predicted molar refractivity (Wildman–Crippen MR) is 75.5 cm³/mol. The molecule has 24 heavy (non-hydrogen) atoms. The van der Waals surface area contributed by atoms with Gasteiger partial charge in [-0.25, -0.2) is 0 Å². The minimum absolute atomic E-state index is 0.465. The number of aliphatic hydroxyl groups excluding tert-OH is 8. The third-order valence-corrected chi connectivity index (χ3v) is 4.34. The number of piperidine rings is 1. The van der Waals surface area contributed by atoms with Crippen LogP contribution in [-0.2, 0) is 9.47 Å². The van der Waals surface area contributed by atoms with Crippen molar-refractivity contribution in [2.45, 2.75) is 61.1 Å². The van der Waals surface area contributed by atoms with Crippen LogP contribution < -0.4 is 5.31 Å². The lowest BCUT2D eigenvalue weighted by molar-refractivity contribution is -0.304. The van der Waals surface area contributed by atoms with Gasteiger partial charge in [-0.2, -0.15) is 0 Å². The molecule has 0 bridgehead atoms. The fourth-order valence-corrected chi connectivity index (χ4v) is 2.77. The van der Waals surface area contributed by atoms with E-state index in [1.54, 1.807) is 0 Å². The number of nitrogens with one attached hydrogen (secondary N) is 1. The van der Waals surface area contributed by atoms with E-state index in [1.165, 1.54) is 0 Å². The van der Waals surface area contributed by atoms with E-state index in [2.05, 4.69) is 0 Å². The minimum Gasteiger partial charge on any atom is -0.395 e. The van der Waals surface area contributed by atoms with E-state index in [-0.39, 0.29) is 0 Å². The molecule has 0 aliphatic carbocycles. The molecule has 0 aromatic rings. The van der Waals surface area contributed by atoms with Crippen LogP contribution in [0.5, 0.6) is 0 Å². The van der Waals surface area contributed by atoms with E-state index in [0.29, 0.717) is 5.31 Å². The molecule has 0 radical (unpaired) electrons. The second-order valence-corrected chi connectivity index (χ2v) is 5.97. The molecule has 2 aliphatic rings. The summed E-state index contributed by atoms with van der Waals surface area (Å²) >= 11 is 0. The molecule has 0 unspecified atom stereocenters. The van der Waals surface area contributed by atoms with Crippen molar-refractivity contribution in [3.8, 4) is 0 Å². The number of ether oxygens (including phenoxy) is 2. The molecule has 2 aliphatic heterocycles. The maximum Gasteiger partial charge on any atom is 0.186 e. The summed E-state index contributed by atoms with van der Waals surface area (Å²) in [4.78, 5) is 0. The molecule has 0 spiro atoms. The largest absolute Gasteiger partial charge is 0.395 e. The van der Waals surface area contributed by atoms with Crippen molar-refractivity contribution in [2.75, 3.05) is 19.8 Å². The first-order valence-corrected chi connectivity index (χ1v) is 7.59. The van der Waals surface area contributed by atoms with Crippen molar-refractivity contribution in [2.24, 2.45) is 0 Å². The zero-order valence-corrected chi connectivity index (χ0v) is 12.7. The summed E-state index contributed by atoms with van der Waals surface area (Å²) in [6.45, 7) is -1.75. The first-order valence-electron chi connectivity index (χ1n) is 8.03. The highest BCUT2D eigenvalue weighted by molar-refractivity contribution is 4.98. The van der Waals surface area contributed by atoms with Crippen LogP contribution in [0.25, 0.3) is 0 Å². The van der Waals surface area contributed by atoms with Gasteiger partial charge in [-0.1, -0.05) is 0 Å². The standard InChI is InChI=1S/C13H25NO10/c15-1-4-7(17)10(20)8(18)5(14-4)3-23-13-12(22)11(21)9(19)6(2-16)24-13/h4-22H,1-3H2/t4-,5-,6-,7+,8+,9-,10-,11+,12-,13-/m1/s1/i/hD. The molecular weight excluding hydrogens is 330 g/mol. The van der Waals surface area contributed by atoms with Crippen LogP contribution in [0.15, 0.2) is 0 Å². The van der Waals surface area contributed by atoms with Crippen LogP contribution in [0.3, 0.4) is 0 Å². The first kappa shape index (κ1) is 18.4. The monoisotopic (exact) mass is 356 g/mol. The number of hydrogen-bond donors (Lipinski definition) is 9. The molecule has 142 valence electrons. The highest BCUT2D eigenvalue weighted by atomic mass is 16.7. The number of aliphatic hydroxyl groups is 8. The van der Waals surface area contributed by atoms with Crippen LogP contribution in [0.2, 0.25) is 1.41 Å². The van der Waals surface area contributed by atoms with Crippen molar-refractivity contribution in [1.82, 2.24) is 5.31 Å². The molecule has 2 rings (SSSR count). The second kappa shape index (κ2) is 8.29. The topological polar surface area (TPSA) is 192 Å². The van der Waals surface area contributed by atoms with Gasteiger partial charge >= 0.3 is 0 Å². The number of hydrogen-bond acceptors (Lipinski definition) is 11. The van der Waals surface area contributed by atoms with Crippen LogP contribution in [-0.4, -0.2) is 122 Å². The molecule has 0 saturated carbocycles. The molecule has 0 aromatic heterocycles. The summed E-state index contributed by atoms with van der Waals surface area (Å²) in [5.41, 5.74) is 0. The Labute approximate surface area is 139 Å². The molecule has 0 amide bonds. The van der Waals surface area contributed by atoms with E-state index in [4.69, 9.17) is 16.0 Å². The average Bonchev–Trinajstić information content (AvgIpc) is 2.60. The molecule has 10 atom stereocenters. The SMILES string of the molecule is [2H]N1[C@H](CO)[C@H](O)[C@@H](O)[C@@H](O)[C@H]1CO[C@@H]1O[C@H](CO)[C@@H](O)[C@H](O)[C@H]1O. The maximum atomic E-state index is 10.0. The zero-order chi connectivity index (χ0) is 18.9. The van der Waals surface area contributed by atoms with Crippen LogP contribution in [0.4, 0.5) is 0 Å². The Morgan fingerprint density at radius 1 is 0.792 bits per heavy atom. The Hall–Kier alpha value is -0.440. The minimum atomic E-state index is -1.65. The van der Waals surface area contributed by atoms with Gasteiger partial charge in [0.05, 0.1) is 44.1 Å². The predicted octanol–water partition coefficient (Wildman–Crippen LogP) is -5.78. The van der Waals surface area contributed by atoms with Gasteiger partial charge in [-0.3, -0.25) is 0 Å². The quantitative estimate of drug-likeness (QED) is 0.228. The van der Waals surface area contributed by atoms with E-state index < -0.39 is 80.9 Å². The Balaban J connectivity index is 2.03. The Bertz CT molecular complexity index is 432. The summed E-state index contributed by atoms with van der Waals surface area (Å²) < 4.78 is 18.3. The van der Waals surface area contributed by atoms with Crippen molar-refractivity contribution < 1.29 is 51.7 Å². The van der Waals surface area contributed by atoms with Crippen molar-refractivity contribution in [3.05, 3.63) is 0 Å². The Morgan fingerprint density at radius 3 is 1.96 bits per heavy atom. The maximum absolute atomic E-state index is 10.0. The fraction of sp³-hybridized carbons (Fsp3) is 1.00. The molecule has 11 nitrogen and oxygen atoms in total. The summed E-state index contributed by atoms with van der Waals surface area (Å²) in [6, 6.07) is -2.34. The second-order valence-electron chi connectivity index (χ2n) is 5.97. The summed E-state index contributed by atoms with van der Waals surface area (Å²) in [6.07, 6.45) is -12.2. The number of rotatable bonds is 5. The van der Waals surface area contributed by atoms with Gasteiger partial charge in [0, 0.05) is 0 Å². The first-order chi connectivity index (χ1) is 11.7. The fourth-order valence-electron chi connectivity index (χ4n) is 2.77. The van der Waals surface area contributed by atoms with Crippen molar-refractivity contribution in [3.63, 3.8) is 0 Å². The lowest BCUT2D eigenvalue weighted by Gasteiger charge is -2.43. The normalized spacial score (nSPS) is 51.4. The van der Waals surface area contributed by atoms with Crippen LogP contribution in [0.1, 0.15) is 0 Å². The average molecular weight is 356 g/mol.